The van der Waals surface area contributed by atoms with Gasteiger partial charge in [-0.05, 0) is 13.8 Å². The van der Waals surface area contributed by atoms with Crippen molar-refractivity contribution < 1.29 is 18.4 Å². The van der Waals surface area contributed by atoms with Gasteiger partial charge in [-0.1, -0.05) is 6.92 Å². The summed E-state index contributed by atoms with van der Waals surface area (Å²) in [6.45, 7) is 5.28. The minimum absolute atomic E-state index is 0.109. The maximum Gasteiger partial charge on any atom is 0.318 e. The highest BCUT2D eigenvalue weighted by molar-refractivity contribution is 7.33. The molecule has 0 fully saturated rings. The average Bonchev–Trinajstić information content (AvgIpc) is 2.25. The Hall–Kier alpha value is -0.620. The summed E-state index contributed by atoms with van der Waals surface area (Å²) in [5, 5.41) is 0. The number of ketones is 1. The molecule has 0 amide bonds. The van der Waals surface area contributed by atoms with E-state index in [0.29, 0.717) is 6.42 Å². The van der Waals surface area contributed by atoms with E-state index < -0.39 is 8.25 Å². The minimum Gasteiger partial charge on any atom is -0.314 e. The summed E-state index contributed by atoms with van der Waals surface area (Å²) >= 11 is 0. The van der Waals surface area contributed by atoms with Crippen molar-refractivity contribution in [2.24, 2.45) is 5.92 Å². The topological polar surface area (TPSA) is 52.6 Å². The van der Waals surface area contributed by atoms with Gasteiger partial charge in [-0.25, -0.2) is 0 Å². The Bertz CT molecular complexity index is 246. The maximum atomic E-state index is 10.6. The van der Waals surface area contributed by atoms with E-state index in [9.17, 15) is 9.36 Å². The van der Waals surface area contributed by atoms with Gasteiger partial charge in [-0.2, -0.15) is 0 Å². The second-order valence-corrected chi connectivity index (χ2v) is 4.12. The molecule has 0 heterocycles. The first-order chi connectivity index (χ1) is 6.99. The van der Waals surface area contributed by atoms with Gasteiger partial charge in [0.05, 0.1) is 0 Å². The van der Waals surface area contributed by atoms with Crippen LogP contribution in [0.5, 0.6) is 0 Å². The van der Waals surface area contributed by atoms with E-state index in [1.807, 2.05) is 6.92 Å². The van der Waals surface area contributed by atoms with Gasteiger partial charge < -0.3 is 9.05 Å². The molecule has 0 spiro atoms. The lowest BCUT2D eigenvalue weighted by atomic mass is 10.0. The summed E-state index contributed by atoms with van der Waals surface area (Å²) in [6, 6.07) is 0. The zero-order valence-corrected chi connectivity index (χ0v) is 10.9. The van der Waals surface area contributed by atoms with Gasteiger partial charge in [0, 0.05) is 26.6 Å². The first-order valence-corrected chi connectivity index (χ1v) is 5.74. The van der Waals surface area contributed by atoms with Crippen LogP contribution in [0.3, 0.4) is 0 Å². The number of Topliss-reactive ketones (excluding diaryl/α,β-unsaturated/α-hetero) is 1. The quantitative estimate of drug-likeness (QED) is 0.553. The normalized spacial score (nSPS) is 10.8. The van der Waals surface area contributed by atoms with Crippen LogP contribution in [-0.4, -0.2) is 20.0 Å². The number of hydrogen-bond acceptors (Lipinski definition) is 4. The van der Waals surface area contributed by atoms with Crippen molar-refractivity contribution in [2.75, 3.05) is 14.2 Å². The van der Waals surface area contributed by atoms with Crippen molar-refractivity contribution >= 4 is 14.0 Å². The molecule has 0 aromatic carbocycles. The molecule has 0 aliphatic rings. The average molecular weight is 234 g/mol. The molecule has 15 heavy (non-hydrogen) atoms. The molecule has 0 radical (unpaired) electrons. The molecule has 0 aromatic rings. The standard InChI is InChI=1S/C8H12O.C2H7O3P/c1-4-5-6-7(2)8(3)9;1-4-6(3)5-2/h7H,6H2,1-3H3;6H,1-2H3. The molecular formula is C10H19O4P. The third kappa shape index (κ3) is 13.4. The second-order valence-electron chi connectivity index (χ2n) is 2.80. The summed E-state index contributed by atoms with van der Waals surface area (Å²) in [6.07, 6.45) is 0.700. The van der Waals surface area contributed by atoms with E-state index in [4.69, 9.17) is 0 Å². The molecule has 0 bridgehead atoms. The number of rotatable bonds is 4. The summed E-state index contributed by atoms with van der Waals surface area (Å²) in [7, 11) is 0.558. The molecular weight excluding hydrogens is 215 g/mol. The lowest BCUT2D eigenvalue weighted by Gasteiger charge is -1.98. The van der Waals surface area contributed by atoms with Crippen molar-refractivity contribution in [3.8, 4) is 11.8 Å². The van der Waals surface area contributed by atoms with E-state index in [0.717, 1.165) is 0 Å². The van der Waals surface area contributed by atoms with Gasteiger partial charge in [-0.15, -0.1) is 11.8 Å². The zero-order valence-electron chi connectivity index (χ0n) is 9.92. The van der Waals surface area contributed by atoms with Gasteiger partial charge in [0.15, 0.2) is 0 Å². The van der Waals surface area contributed by atoms with Crippen molar-refractivity contribution in [1.29, 1.82) is 0 Å². The summed E-state index contributed by atoms with van der Waals surface area (Å²) < 4.78 is 18.4. The number of carbonyl (C=O) groups excluding carboxylic acids is 1. The first kappa shape index (κ1) is 16.8. The van der Waals surface area contributed by atoms with Crippen molar-refractivity contribution in [1.82, 2.24) is 0 Å². The molecule has 0 aliphatic carbocycles. The fraction of sp³-hybridized carbons (Fsp3) is 0.700. The SMILES string of the molecule is CC#CCC(C)C(C)=O.CO[PH](=O)OC. The Morgan fingerprint density at radius 2 is 1.87 bits per heavy atom. The molecule has 5 heteroatoms. The zero-order chi connectivity index (χ0) is 12.3. The van der Waals surface area contributed by atoms with Gasteiger partial charge in [0.2, 0.25) is 0 Å². The lowest BCUT2D eigenvalue weighted by molar-refractivity contribution is -0.120. The Morgan fingerprint density at radius 3 is 2.07 bits per heavy atom. The highest BCUT2D eigenvalue weighted by atomic mass is 31.1. The van der Waals surface area contributed by atoms with Crippen molar-refractivity contribution in [2.45, 2.75) is 27.2 Å². The van der Waals surface area contributed by atoms with Crippen LogP contribution in [0, 0.1) is 17.8 Å². The summed E-state index contributed by atoms with van der Waals surface area (Å²) in [4.78, 5) is 10.6. The van der Waals surface area contributed by atoms with E-state index >= 15 is 0 Å². The Labute approximate surface area is 92.3 Å². The van der Waals surface area contributed by atoms with Crippen LogP contribution >= 0.6 is 8.25 Å². The van der Waals surface area contributed by atoms with E-state index in [2.05, 4.69) is 20.9 Å². The van der Waals surface area contributed by atoms with Gasteiger partial charge in [-0.3, -0.25) is 9.36 Å². The first-order valence-electron chi connectivity index (χ1n) is 4.51. The smallest absolute Gasteiger partial charge is 0.314 e. The van der Waals surface area contributed by atoms with E-state index in [-0.39, 0.29) is 11.7 Å². The maximum absolute atomic E-state index is 10.6. The predicted molar refractivity (Wildman–Crippen MR) is 60.9 cm³/mol. The fourth-order valence-corrected chi connectivity index (χ4v) is 0.649. The Kier molecular flexibility index (Phi) is 12.8. The molecule has 0 aliphatic heterocycles. The Balaban J connectivity index is 0. The highest BCUT2D eigenvalue weighted by Gasteiger charge is 2.03. The van der Waals surface area contributed by atoms with Crippen LogP contribution in [-0.2, 0) is 18.4 Å². The molecule has 0 saturated heterocycles. The van der Waals surface area contributed by atoms with E-state index in [1.165, 1.54) is 14.2 Å². The van der Waals surface area contributed by atoms with Crippen molar-refractivity contribution in [3.05, 3.63) is 0 Å². The monoisotopic (exact) mass is 234 g/mol. The highest BCUT2D eigenvalue weighted by Crippen LogP contribution is 2.18. The summed E-state index contributed by atoms with van der Waals surface area (Å²) in [5.41, 5.74) is 0. The number of carbonyl (C=O) groups is 1. The van der Waals surface area contributed by atoms with Crippen LogP contribution in [0.15, 0.2) is 0 Å². The summed E-state index contributed by atoms with van der Waals surface area (Å²) in [5.74, 6) is 5.94. The van der Waals surface area contributed by atoms with Crippen molar-refractivity contribution in [3.63, 3.8) is 0 Å². The van der Waals surface area contributed by atoms with E-state index in [1.54, 1.807) is 13.8 Å². The van der Waals surface area contributed by atoms with Gasteiger partial charge >= 0.3 is 8.25 Å². The fourth-order valence-electron chi connectivity index (χ4n) is 0.482. The van der Waals surface area contributed by atoms with Crippen LogP contribution in [0.2, 0.25) is 0 Å². The largest absolute Gasteiger partial charge is 0.318 e. The second kappa shape index (κ2) is 11.5. The number of hydrogen-bond donors (Lipinski definition) is 0. The molecule has 0 rings (SSSR count). The molecule has 4 nitrogen and oxygen atoms in total. The predicted octanol–water partition coefficient (Wildman–Crippen LogP) is 2.29. The molecule has 1 unspecified atom stereocenters. The van der Waals surface area contributed by atoms with Gasteiger partial charge in [0.25, 0.3) is 0 Å². The lowest BCUT2D eigenvalue weighted by Crippen LogP contribution is -2.04. The van der Waals surface area contributed by atoms with Crippen LogP contribution in [0.1, 0.15) is 27.2 Å². The molecule has 0 saturated carbocycles. The van der Waals surface area contributed by atoms with Crippen LogP contribution in [0.4, 0.5) is 0 Å². The third-order valence-electron chi connectivity index (χ3n) is 1.61. The minimum atomic E-state index is -2.12. The Morgan fingerprint density at radius 1 is 1.40 bits per heavy atom. The molecule has 0 aromatic heterocycles. The van der Waals surface area contributed by atoms with Crippen LogP contribution < -0.4 is 0 Å². The molecule has 0 N–H and O–H groups in total. The van der Waals surface area contributed by atoms with Crippen LogP contribution in [0.25, 0.3) is 0 Å². The molecule has 1 atom stereocenters. The van der Waals surface area contributed by atoms with Gasteiger partial charge in [0.1, 0.15) is 5.78 Å². The molecule has 88 valence electrons. The third-order valence-corrected chi connectivity index (χ3v) is 2.28.